The quantitative estimate of drug-likeness (QED) is 0.418. The maximum absolute atomic E-state index is 12.8. The van der Waals surface area contributed by atoms with Crippen molar-refractivity contribution in [1.29, 1.82) is 0 Å². The molecule has 1 aliphatic heterocycles. The van der Waals surface area contributed by atoms with Crippen molar-refractivity contribution in [1.82, 2.24) is 9.55 Å². The average Bonchev–Trinajstić information content (AvgIpc) is 2.97. The lowest BCUT2D eigenvalue weighted by molar-refractivity contribution is -0.149. The Hall–Kier alpha value is -1.38. The second kappa shape index (κ2) is 9.59. The Labute approximate surface area is 204 Å². The molecule has 0 bridgehead atoms. The van der Waals surface area contributed by atoms with E-state index in [9.17, 15) is 14.4 Å². The SMILES string of the molecule is CO[C@H]1[C@H](n2ccc(=O)[nH]c2=O)O[C@](C=O)(CO[Si](C)(C)C(C)(C)C)[C@H]1O[Si](C)(C)C(C)(C)C. The topological polar surface area (TPSA) is 109 Å². The standard InChI is InChI=1S/C23H42N2O7Si2/c1-21(2,3)33(8,9)30-15-23(14-26)18(32-34(10,11)22(4,5)6)17(29-7)19(31-23)25-13-12-16(27)24-20(25)28/h12-14,17-19H,15H2,1-11H3,(H,24,27,28)/t17-,18+,19-,23-/m1/s1. The average molecular weight is 515 g/mol. The lowest BCUT2D eigenvalue weighted by Crippen LogP contribution is -2.58. The van der Waals surface area contributed by atoms with Crippen LogP contribution in [-0.4, -0.2) is 64.0 Å². The van der Waals surface area contributed by atoms with Gasteiger partial charge < -0.3 is 18.3 Å². The summed E-state index contributed by atoms with van der Waals surface area (Å²) in [5.41, 5.74) is -2.67. The van der Waals surface area contributed by atoms with Gasteiger partial charge in [-0.2, -0.15) is 0 Å². The van der Waals surface area contributed by atoms with E-state index in [4.69, 9.17) is 18.3 Å². The Kier molecular flexibility index (Phi) is 8.14. The van der Waals surface area contributed by atoms with Gasteiger partial charge in [-0.3, -0.25) is 19.1 Å². The minimum absolute atomic E-state index is 0.0270. The van der Waals surface area contributed by atoms with E-state index in [0.29, 0.717) is 0 Å². The molecule has 2 heterocycles. The van der Waals surface area contributed by atoms with Crippen LogP contribution in [0.15, 0.2) is 21.9 Å². The maximum Gasteiger partial charge on any atom is 0.330 e. The van der Waals surface area contributed by atoms with Crippen molar-refractivity contribution in [3.05, 3.63) is 33.1 Å². The van der Waals surface area contributed by atoms with E-state index in [2.05, 4.69) is 72.7 Å². The highest BCUT2D eigenvalue weighted by Crippen LogP contribution is 2.46. The molecule has 34 heavy (non-hydrogen) atoms. The summed E-state index contributed by atoms with van der Waals surface area (Å²) in [6.45, 7) is 21.0. The number of ether oxygens (including phenoxy) is 2. The highest BCUT2D eigenvalue weighted by molar-refractivity contribution is 6.74. The van der Waals surface area contributed by atoms with Gasteiger partial charge >= 0.3 is 5.69 Å². The Bertz CT molecular complexity index is 991. The van der Waals surface area contributed by atoms with Crippen LogP contribution >= 0.6 is 0 Å². The van der Waals surface area contributed by atoms with Crippen molar-refractivity contribution < 1.29 is 23.1 Å². The highest BCUT2D eigenvalue weighted by Gasteiger charge is 2.60. The third-order valence-corrected chi connectivity index (χ3v) is 16.6. The van der Waals surface area contributed by atoms with Crippen molar-refractivity contribution in [2.24, 2.45) is 0 Å². The van der Waals surface area contributed by atoms with Crippen LogP contribution in [0.1, 0.15) is 47.8 Å². The number of H-pyrrole nitrogens is 1. The molecule has 0 saturated carbocycles. The number of carbonyl (C=O) groups is 1. The molecule has 1 aliphatic rings. The van der Waals surface area contributed by atoms with E-state index in [0.717, 1.165) is 6.29 Å². The number of nitrogens with zero attached hydrogens (tertiary/aromatic N) is 1. The summed E-state index contributed by atoms with van der Waals surface area (Å²) in [6, 6.07) is 1.23. The first kappa shape index (κ1) is 28.9. The number of methoxy groups -OCH3 is 1. The van der Waals surface area contributed by atoms with Crippen molar-refractivity contribution >= 4 is 22.9 Å². The molecule has 2 rings (SSSR count). The van der Waals surface area contributed by atoms with Gasteiger partial charge in [0.05, 0.1) is 6.61 Å². The molecular formula is C23H42N2O7Si2. The Morgan fingerprint density at radius 3 is 2.09 bits per heavy atom. The summed E-state index contributed by atoms with van der Waals surface area (Å²) < 4.78 is 26.6. The van der Waals surface area contributed by atoms with Gasteiger partial charge in [-0.25, -0.2) is 4.79 Å². The predicted molar refractivity (Wildman–Crippen MR) is 136 cm³/mol. The molecule has 0 radical (unpaired) electrons. The molecule has 0 unspecified atom stereocenters. The molecule has 1 N–H and O–H groups in total. The molecule has 1 aromatic heterocycles. The summed E-state index contributed by atoms with van der Waals surface area (Å²) in [5, 5.41) is -0.228. The van der Waals surface area contributed by atoms with Crippen molar-refractivity contribution in [2.75, 3.05) is 13.7 Å². The summed E-state index contributed by atoms with van der Waals surface area (Å²) >= 11 is 0. The molecule has 0 amide bonds. The van der Waals surface area contributed by atoms with E-state index in [1.54, 1.807) is 0 Å². The number of hydrogen-bond donors (Lipinski definition) is 1. The maximum atomic E-state index is 12.8. The van der Waals surface area contributed by atoms with E-state index >= 15 is 0 Å². The minimum atomic E-state index is -2.41. The first-order chi connectivity index (χ1) is 15.3. The predicted octanol–water partition coefficient (Wildman–Crippen LogP) is 3.43. The minimum Gasteiger partial charge on any atom is -0.413 e. The molecule has 11 heteroatoms. The zero-order valence-corrected chi connectivity index (χ0v) is 24.5. The van der Waals surface area contributed by atoms with Crippen LogP contribution in [-0.2, 0) is 23.1 Å². The zero-order valence-electron chi connectivity index (χ0n) is 22.5. The van der Waals surface area contributed by atoms with Gasteiger partial charge in [0.1, 0.15) is 12.2 Å². The lowest BCUT2D eigenvalue weighted by Gasteiger charge is -2.43. The van der Waals surface area contributed by atoms with E-state index in [1.165, 1.54) is 23.9 Å². The number of hydrogen-bond acceptors (Lipinski definition) is 7. The van der Waals surface area contributed by atoms with Gasteiger partial charge in [0.25, 0.3) is 5.56 Å². The molecule has 4 atom stereocenters. The Morgan fingerprint density at radius 2 is 1.65 bits per heavy atom. The fourth-order valence-electron chi connectivity index (χ4n) is 3.29. The highest BCUT2D eigenvalue weighted by atomic mass is 28.4. The smallest absolute Gasteiger partial charge is 0.330 e. The van der Waals surface area contributed by atoms with Crippen LogP contribution < -0.4 is 11.2 Å². The molecular weight excluding hydrogens is 472 g/mol. The van der Waals surface area contributed by atoms with Crippen LogP contribution in [0.5, 0.6) is 0 Å². The van der Waals surface area contributed by atoms with Crippen LogP contribution in [0.4, 0.5) is 0 Å². The van der Waals surface area contributed by atoms with E-state index < -0.39 is 51.9 Å². The van der Waals surface area contributed by atoms with Gasteiger partial charge in [0, 0.05) is 19.4 Å². The van der Waals surface area contributed by atoms with Gasteiger partial charge in [-0.15, -0.1) is 0 Å². The largest absolute Gasteiger partial charge is 0.413 e. The molecule has 1 fully saturated rings. The number of carbonyl (C=O) groups excluding carboxylic acids is 1. The number of rotatable bonds is 8. The van der Waals surface area contributed by atoms with Crippen LogP contribution in [0.25, 0.3) is 0 Å². The zero-order chi connectivity index (χ0) is 26.3. The third-order valence-electron chi connectivity index (χ3n) is 7.69. The Morgan fingerprint density at radius 1 is 1.09 bits per heavy atom. The number of aromatic nitrogens is 2. The molecule has 9 nitrogen and oxygen atoms in total. The van der Waals surface area contributed by atoms with Crippen molar-refractivity contribution in [3.63, 3.8) is 0 Å². The van der Waals surface area contributed by atoms with Gasteiger partial charge in [-0.05, 0) is 36.3 Å². The van der Waals surface area contributed by atoms with Gasteiger partial charge in [0.2, 0.25) is 0 Å². The fourth-order valence-corrected chi connectivity index (χ4v) is 5.63. The lowest BCUT2D eigenvalue weighted by atomic mass is 9.98. The molecule has 0 spiro atoms. The number of aromatic amines is 1. The first-order valence-electron chi connectivity index (χ1n) is 11.6. The van der Waals surface area contributed by atoms with Crippen LogP contribution in [0.2, 0.25) is 36.3 Å². The first-order valence-corrected chi connectivity index (χ1v) is 17.4. The molecule has 0 aliphatic carbocycles. The third kappa shape index (κ3) is 5.54. The van der Waals surface area contributed by atoms with Gasteiger partial charge in [-0.1, -0.05) is 41.5 Å². The Balaban J connectivity index is 2.61. The second-order valence-corrected chi connectivity index (χ2v) is 21.7. The van der Waals surface area contributed by atoms with Gasteiger partial charge in [0.15, 0.2) is 34.7 Å². The normalized spacial score (nSPS) is 26.6. The van der Waals surface area contributed by atoms with Crippen molar-refractivity contribution in [3.8, 4) is 0 Å². The summed E-state index contributed by atoms with van der Waals surface area (Å²) in [7, 11) is -3.16. The molecule has 0 aromatic carbocycles. The number of nitrogens with one attached hydrogen (secondary N) is 1. The summed E-state index contributed by atoms with van der Waals surface area (Å²) in [5.74, 6) is 0. The summed E-state index contributed by atoms with van der Waals surface area (Å²) in [4.78, 5) is 39.2. The van der Waals surface area contributed by atoms with Crippen molar-refractivity contribution in [2.45, 2.75) is 102 Å². The monoisotopic (exact) mass is 514 g/mol. The fraction of sp³-hybridized carbons (Fsp3) is 0.783. The van der Waals surface area contributed by atoms with E-state index in [1.807, 2.05) is 0 Å². The number of aldehydes is 1. The molecule has 1 saturated heterocycles. The molecule has 194 valence electrons. The van der Waals surface area contributed by atoms with E-state index in [-0.39, 0.29) is 16.7 Å². The summed E-state index contributed by atoms with van der Waals surface area (Å²) in [6.07, 6.45) is -0.523. The van der Waals surface area contributed by atoms with Crippen LogP contribution in [0, 0.1) is 0 Å². The van der Waals surface area contributed by atoms with Crippen LogP contribution in [0.3, 0.4) is 0 Å². The second-order valence-electron chi connectivity index (χ2n) is 12.1. The molecule has 1 aromatic rings.